The van der Waals surface area contributed by atoms with E-state index in [9.17, 15) is 9.59 Å². The molecule has 0 saturated carbocycles. The Morgan fingerprint density at radius 1 is 1.06 bits per heavy atom. The van der Waals surface area contributed by atoms with Crippen LogP contribution in [0.15, 0.2) is 52.9 Å². The number of carbonyl (C=O) groups is 2. The number of fused-ring (bicyclic) bond motifs is 1. The summed E-state index contributed by atoms with van der Waals surface area (Å²) in [6, 6.07) is 13.6. The fourth-order valence-electron chi connectivity index (χ4n) is 3.65. The van der Waals surface area contributed by atoms with Crippen LogP contribution in [0.4, 0.5) is 0 Å². The number of furan rings is 1. The Morgan fingerprint density at radius 2 is 1.82 bits per heavy atom. The number of ether oxygens (including phenoxy) is 1. The van der Waals surface area contributed by atoms with E-state index in [2.05, 4.69) is 22.1 Å². The first-order valence-corrected chi connectivity index (χ1v) is 10.8. The fraction of sp³-hybridized carbons (Fsp3) is 0.280. The van der Waals surface area contributed by atoms with Crippen molar-refractivity contribution in [3.63, 3.8) is 0 Å². The van der Waals surface area contributed by atoms with Crippen molar-refractivity contribution in [2.45, 2.75) is 12.8 Å². The molecule has 1 aliphatic heterocycles. The van der Waals surface area contributed by atoms with Crippen LogP contribution in [0.2, 0.25) is 0 Å². The molecular formula is C25H26ClN3O5. The molecule has 1 fully saturated rings. The largest absolute Gasteiger partial charge is 0.492 e. The minimum absolute atomic E-state index is 0. The Labute approximate surface area is 203 Å². The van der Waals surface area contributed by atoms with Crippen molar-refractivity contribution in [1.82, 2.24) is 15.7 Å². The summed E-state index contributed by atoms with van der Waals surface area (Å²) in [5.41, 5.74) is 3.19. The average Bonchev–Trinajstić information content (AvgIpc) is 3.51. The quantitative estimate of drug-likeness (QED) is 0.271. The number of benzene rings is 2. The number of hydroxylamine groups is 1. The molecule has 4 rings (SSSR count). The summed E-state index contributed by atoms with van der Waals surface area (Å²) in [6.45, 7) is 3.97. The highest BCUT2D eigenvalue weighted by Crippen LogP contribution is 2.24. The second kappa shape index (κ2) is 12.1. The molecule has 0 bridgehead atoms. The minimum Gasteiger partial charge on any atom is -0.492 e. The highest BCUT2D eigenvalue weighted by molar-refractivity contribution is 5.96. The van der Waals surface area contributed by atoms with Crippen LogP contribution in [0.25, 0.3) is 11.0 Å². The number of hydrogen-bond donors (Lipinski definition) is 3. The third-order valence-electron chi connectivity index (χ3n) is 5.41. The van der Waals surface area contributed by atoms with Gasteiger partial charge in [0.25, 0.3) is 11.8 Å². The van der Waals surface area contributed by atoms with Crippen molar-refractivity contribution in [3.8, 4) is 17.6 Å². The third-order valence-corrected chi connectivity index (χ3v) is 5.41. The third kappa shape index (κ3) is 6.51. The van der Waals surface area contributed by atoms with Gasteiger partial charge in [-0.25, -0.2) is 5.48 Å². The smallest absolute Gasteiger partial charge is 0.287 e. The molecule has 1 aromatic heterocycles. The lowest BCUT2D eigenvalue weighted by atomic mass is 10.1. The normalized spacial score (nSPS) is 13.0. The van der Waals surface area contributed by atoms with Crippen LogP contribution in [-0.4, -0.2) is 54.7 Å². The molecule has 0 aliphatic carbocycles. The van der Waals surface area contributed by atoms with Crippen molar-refractivity contribution >= 4 is 35.2 Å². The van der Waals surface area contributed by atoms with Crippen LogP contribution in [0.3, 0.4) is 0 Å². The predicted octanol–water partition coefficient (Wildman–Crippen LogP) is 3.23. The Balaban J connectivity index is 0.00000324. The standard InChI is InChI=1S/C25H25N3O5.ClH/c29-24(27-31)19-7-5-18(6-8-19)4-3-11-26-25(30)23-17-20-16-21(9-10-22(20)33-23)32-15-14-28-12-1-2-13-28;/h5-10,16-17,31H,1-2,11-15H2,(H,26,30)(H,27,29);1H. The summed E-state index contributed by atoms with van der Waals surface area (Å²) in [5.74, 6) is 5.77. The summed E-state index contributed by atoms with van der Waals surface area (Å²) in [7, 11) is 0. The highest BCUT2D eigenvalue weighted by Gasteiger charge is 2.13. The molecule has 0 atom stereocenters. The van der Waals surface area contributed by atoms with Crippen molar-refractivity contribution in [2.75, 3.05) is 32.8 Å². The molecule has 34 heavy (non-hydrogen) atoms. The van der Waals surface area contributed by atoms with Gasteiger partial charge in [0.15, 0.2) is 5.76 Å². The fourth-order valence-corrected chi connectivity index (χ4v) is 3.65. The Morgan fingerprint density at radius 3 is 2.56 bits per heavy atom. The monoisotopic (exact) mass is 483 g/mol. The average molecular weight is 484 g/mol. The molecular weight excluding hydrogens is 458 g/mol. The van der Waals surface area contributed by atoms with Crippen molar-refractivity contribution < 1.29 is 24.0 Å². The summed E-state index contributed by atoms with van der Waals surface area (Å²) >= 11 is 0. The molecule has 2 heterocycles. The van der Waals surface area contributed by atoms with E-state index >= 15 is 0 Å². The first kappa shape index (κ1) is 25.1. The van der Waals surface area contributed by atoms with Crippen molar-refractivity contribution in [1.29, 1.82) is 0 Å². The Kier molecular flexibility index (Phi) is 8.93. The first-order valence-electron chi connectivity index (χ1n) is 10.8. The number of rotatable bonds is 7. The lowest BCUT2D eigenvalue weighted by molar-refractivity contribution is 0.0706. The van der Waals surface area contributed by atoms with Gasteiger partial charge in [0.05, 0.1) is 6.54 Å². The Bertz CT molecular complexity index is 1190. The van der Waals surface area contributed by atoms with Crippen molar-refractivity contribution in [2.24, 2.45) is 0 Å². The van der Waals surface area contributed by atoms with Gasteiger partial charge in [0.1, 0.15) is 17.9 Å². The molecule has 1 aliphatic rings. The van der Waals surface area contributed by atoms with E-state index in [-0.39, 0.29) is 30.6 Å². The molecule has 8 nitrogen and oxygen atoms in total. The number of likely N-dealkylation sites (tertiary alicyclic amines) is 1. The number of hydrogen-bond acceptors (Lipinski definition) is 6. The zero-order valence-corrected chi connectivity index (χ0v) is 19.3. The van der Waals surface area contributed by atoms with E-state index in [0.717, 1.165) is 30.8 Å². The molecule has 2 amide bonds. The number of amides is 2. The maximum absolute atomic E-state index is 12.4. The van der Waals surface area contributed by atoms with Gasteiger partial charge in [-0.15, -0.1) is 12.4 Å². The molecule has 3 N–H and O–H groups in total. The van der Waals surface area contributed by atoms with Gasteiger partial charge in [-0.3, -0.25) is 19.7 Å². The zero-order chi connectivity index (χ0) is 23.0. The van der Waals surface area contributed by atoms with Crippen LogP contribution in [-0.2, 0) is 0 Å². The molecule has 0 radical (unpaired) electrons. The molecule has 178 valence electrons. The summed E-state index contributed by atoms with van der Waals surface area (Å²) < 4.78 is 11.5. The second-order valence-electron chi connectivity index (χ2n) is 7.71. The van der Waals surface area contributed by atoms with E-state index in [0.29, 0.717) is 23.3 Å². The van der Waals surface area contributed by atoms with Crippen LogP contribution in [0, 0.1) is 11.8 Å². The molecule has 1 saturated heterocycles. The Hall–Kier alpha value is -3.51. The lowest BCUT2D eigenvalue weighted by Gasteiger charge is -2.14. The number of halogens is 1. The van der Waals surface area contributed by atoms with Gasteiger partial charge in [-0.05, 0) is 74.5 Å². The van der Waals surface area contributed by atoms with Gasteiger partial charge < -0.3 is 14.5 Å². The van der Waals surface area contributed by atoms with Crippen LogP contribution >= 0.6 is 12.4 Å². The van der Waals surface area contributed by atoms with Crippen LogP contribution in [0.5, 0.6) is 5.75 Å². The van der Waals surface area contributed by atoms with Gasteiger partial charge in [0.2, 0.25) is 0 Å². The molecule has 0 spiro atoms. The topological polar surface area (TPSA) is 104 Å². The van der Waals surface area contributed by atoms with Crippen LogP contribution < -0.4 is 15.5 Å². The van der Waals surface area contributed by atoms with Gasteiger partial charge in [0, 0.05) is 23.1 Å². The van der Waals surface area contributed by atoms with Gasteiger partial charge >= 0.3 is 0 Å². The maximum atomic E-state index is 12.4. The predicted molar refractivity (Wildman–Crippen MR) is 130 cm³/mol. The number of nitrogens with one attached hydrogen (secondary N) is 2. The molecule has 3 aromatic rings. The van der Waals surface area contributed by atoms with E-state index in [1.165, 1.54) is 12.8 Å². The lowest BCUT2D eigenvalue weighted by Crippen LogP contribution is -2.25. The molecule has 0 unspecified atom stereocenters. The molecule has 2 aromatic carbocycles. The number of carbonyl (C=O) groups excluding carboxylic acids is 2. The highest BCUT2D eigenvalue weighted by atomic mass is 35.5. The minimum atomic E-state index is -0.589. The van der Waals surface area contributed by atoms with Crippen molar-refractivity contribution in [3.05, 3.63) is 65.4 Å². The zero-order valence-electron chi connectivity index (χ0n) is 18.5. The van der Waals surface area contributed by atoms with E-state index in [1.807, 2.05) is 12.1 Å². The maximum Gasteiger partial charge on any atom is 0.287 e. The van der Waals surface area contributed by atoms with Gasteiger partial charge in [-0.1, -0.05) is 11.8 Å². The second-order valence-corrected chi connectivity index (χ2v) is 7.71. The van der Waals surface area contributed by atoms with E-state index in [1.54, 1.807) is 41.9 Å². The van der Waals surface area contributed by atoms with Crippen LogP contribution in [0.1, 0.15) is 39.3 Å². The first-order chi connectivity index (χ1) is 16.1. The molecule has 9 heteroatoms. The SMILES string of the molecule is Cl.O=C(NO)c1ccc(C#CCNC(=O)c2cc3cc(OCCN4CCCC4)ccc3o2)cc1. The number of nitrogens with zero attached hydrogens (tertiary/aromatic N) is 1. The van der Waals surface area contributed by atoms with E-state index < -0.39 is 5.91 Å². The summed E-state index contributed by atoms with van der Waals surface area (Å²) in [6.07, 6.45) is 2.52. The van der Waals surface area contributed by atoms with E-state index in [4.69, 9.17) is 14.4 Å². The summed E-state index contributed by atoms with van der Waals surface area (Å²) in [5, 5.41) is 12.1. The summed E-state index contributed by atoms with van der Waals surface area (Å²) in [4.78, 5) is 26.1. The van der Waals surface area contributed by atoms with Gasteiger partial charge in [-0.2, -0.15) is 0 Å².